The third-order valence-corrected chi connectivity index (χ3v) is 5.48. The fourth-order valence-electron chi connectivity index (χ4n) is 4.02. The molecule has 2 amide bonds. The Morgan fingerprint density at radius 2 is 2.07 bits per heavy atom. The molecule has 0 radical (unpaired) electrons. The Kier molecular flexibility index (Phi) is 9.22. The highest BCUT2D eigenvalue weighted by atomic mass is 35.5. The van der Waals surface area contributed by atoms with Crippen LogP contribution in [-0.2, 0) is 16.1 Å². The largest absolute Gasteiger partial charge is 0.354 e. The molecule has 0 spiro atoms. The van der Waals surface area contributed by atoms with Gasteiger partial charge in [0.1, 0.15) is 0 Å². The number of benzene rings is 1. The molecule has 0 aliphatic carbocycles. The Bertz CT molecular complexity index is 649. The number of carbonyl (C=O) groups excluding carboxylic acids is 2. The summed E-state index contributed by atoms with van der Waals surface area (Å²) in [6, 6.07) is 8.19. The van der Waals surface area contributed by atoms with Crippen LogP contribution in [0.2, 0.25) is 0 Å². The first-order valence-corrected chi connectivity index (χ1v) is 10.2. The average molecular weight is 409 g/mol. The number of nitrogens with one attached hydrogen (secondary N) is 3. The highest BCUT2D eigenvalue weighted by Crippen LogP contribution is 2.16. The molecule has 2 aliphatic heterocycles. The quantitative estimate of drug-likeness (QED) is 0.641. The highest BCUT2D eigenvalue weighted by Gasteiger charge is 2.25. The van der Waals surface area contributed by atoms with E-state index >= 15 is 0 Å². The van der Waals surface area contributed by atoms with E-state index in [1.54, 1.807) is 0 Å². The van der Waals surface area contributed by atoms with Gasteiger partial charge in [-0.05, 0) is 57.2 Å². The lowest BCUT2D eigenvalue weighted by Crippen LogP contribution is -2.47. The van der Waals surface area contributed by atoms with Gasteiger partial charge >= 0.3 is 0 Å². The van der Waals surface area contributed by atoms with Crippen molar-refractivity contribution >= 4 is 24.2 Å². The third-order valence-electron chi connectivity index (χ3n) is 5.48. The molecule has 0 bridgehead atoms. The lowest BCUT2D eigenvalue weighted by atomic mass is 9.98. The Balaban J connectivity index is 0.00000280. The topological polar surface area (TPSA) is 73.5 Å². The van der Waals surface area contributed by atoms with Gasteiger partial charge in [0.2, 0.25) is 11.8 Å². The van der Waals surface area contributed by atoms with Crippen molar-refractivity contribution in [2.24, 2.45) is 5.92 Å². The Labute approximate surface area is 174 Å². The number of aryl methyl sites for hydroxylation is 1. The van der Waals surface area contributed by atoms with Gasteiger partial charge < -0.3 is 16.0 Å². The predicted molar refractivity (Wildman–Crippen MR) is 113 cm³/mol. The van der Waals surface area contributed by atoms with Gasteiger partial charge in [-0.1, -0.05) is 29.8 Å². The second-order valence-electron chi connectivity index (χ2n) is 7.90. The summed E-state index contributed by atoms with van der Waals surface area (Å²) in [6.07, 6.45) is 4.20. The predicted octanol–water partition coefficient (Wildman–Crippen LogP) is 1.61. The summed E-state index contributed by atoms with van der Waals surface area (Å²) in [4.78, 5) is 26.6. The Morgan fingerprint density at radius 3 is 2.82 bits per heavy atom. The van der Waals surface area contributed by atoms with Crippen LogP contribution in [0, 0.1) is 12.8 Å². The molecule has 28 heavy (non-hydrogen) atoms. The maximum absolute atomic E-state index is 12.3. The van der Waals surface area contributed by atoms with Gasteiger partial charge in [0.05, 0.1) is 12.6 Å². The van der Waals surface area contributed by atoms with E-state index in [0.29, 0.717) is 25.6 Å². The zero-order valence-corrected chi connectivity index (χ0v) is 17.5. The number of hydrogen-bond donors (Lipinski definition) is 3. The number of rotatable bonds is 7. The maximum atomic E-state index is 12.3. The number of amides is 2. The molecule has 156 valence electrons. The molecule has 2 heterocycles. The van der Waals surface area contributed by atoms with Crippen molar-refractivity contribution in [3.05, 3.63) is 35.4 Å². The van der Waals surface area contributed by atoms with Crippen molar-refractivity contribution in [1.29, 1.82) is 0 Å². The second kappa shape index (κ2) is 11.4. The summed E-state index contributed by atoms with van der Waals surface area (Å²) in [6.45, 7) is 6.53. The van der Waals surface area contributed by atoms with Gasteiger partial charge in [0.25, 0.3) is 0 Å². The molecule has 7 heteroatoms. The van der Waals surface area contributed by atoms with Crippen molar-refractivity contribution < 1.29 is 9.59 Å². The number of carbonyl (C=O) groups is 2. The molecule has 0 saturated carbocycles. The average Bonchev–Trinajstić information content (AvgIpc) is 3.20. The minimum Gasteiger partial charge on any atom is -0.354 e. The van der Waals surface area contributed by atoms with Crippen LogP contribution in [0.25, 0.3) is 0 Å². The minimum absolute atomic E-state index is 0. The maximum Gasteiger partial charge on any atom is 0.237 e. The molecule has 3 N–H and O–H groups in total. The fourth-order valence-corrected chi connectivity index (χ4v) is 4.02. The first kappa shape index (κ1) is 22.7. The summed E-state index contributed by atoms with van der Waals surface area (Å²) in [7, 11) is 0. The first-order valence-electron chi connectivity index (χ1n) is 10.2. The van der Waals surface area contributed by atoms with Gasteiger partial charge in [0.15, 0.2) is 0 Å². The molecular formula is C21H33ClN4O2. The smallest absolute Gasteiger partial charge is 0.237 e. The van der Waals surface area contributed by atoms with E-state index in [1.807, 2.05) is 12.1 Å². The second-order valence-corrected chi connectivity index (χ2v) is 7.90. The molecular weight excluding hydrogens is 376 g/mol. The van der Waals surface area contributed by atoms with Crippen molar-refractivity contribution in [3.63, 3.8) is 0 Å². The van der Waals surface area contributed by atoms with E-state index in [9.17, 15) is 9.59 Å². The van der Waals surface area contributed by atoms with E-state index in [-0.39, 0.29) is 30.3 Å². The number of nitrogens with zero attached hydrogens (tertiary/aromatic N) is 1. The van der Waals surface area contributed by atoms with Gasteiger partial charge in [-0.2, -0.15) is 0 Å². The lowest BCUT2D eigenvalue weighted by molar-refractivity contribution is -0.124. The summed E-state index contributed by atoms with van der Waals surface area (Å²) < 4.78 is 0. The zero-order valence-electron chi connectivity index (χ0n) is 16.7. The van der Waals surface area contributed by atoms with Gasteiger partial charge in [-0.15, -0.1) is 12.4 Å². The number of likely N-dealkylation sites (tertiary alicyclic amines) is 1. The third kappa shape index (κ3) is 7.08. The minimum atomic E-state index is -0.0166. The number of halogens is 1. The molecule has 2 saturated heterocycles. The van der Waals surface area contributed by atoms with Crippen LogP contribution in [0.4, 0.5) is 0 Å². The summed E-state index contributed by atoms with van der Waals surface area (Å²) in [5.41, 5.74) is 2.33. The number of hydrogen-bond acceptors (Lipinski definition) is 4. The zero-order chi connectivity index (χ0) is 19.1. The summed E-state index contributed by atoms with van der Waals surface area (Å²) in [5, 5.41) is 9.34. The van der Waals surface area contributed by atoms with Gasteiger partial charge in [-0.25, -0.2) is 0 Å². The van der Waals surface area contributed by atoms with Crippen molar-refractivity contribution in [2.45, 2.75) is 45.2 Å². The molecule has 2 unspecified atom stereocenters. The van der Waals surface area contributed by atoms with E-state index in [0.717, 1.165) is 50.9 Å². The Morgan fingerprint density at radius 1 is 1.21 bits per heavy atom. The summed E-state index contributed by atoms with van der Waals surface area (Å²) in [5.74, 6) is 0.616. The van der Waals surface area contributed by atoms with Gasteiger partial charge in [-0.3, -0.25) is 14.5 Å². The molecule has 2 atom stereocenters. The fraction of sp³-hybridized carbons (Fsp3) is 0.619. The van der Waals surface area contributed by atoms with E-state index in [2.05, 4.69) is 39.9 Å². The lowest BCUT2D eigenvalue weighted by Gasteiger charge is -2.32. The van der Waals surface area contributed by atoms with Crippen LogP contribution in [0.5, 0.6) is 0 Å². The number of piperidine rings is 1. The monoisotopic (exact) mass is 408 g/mol. The SMILES string of the molecule is Cc1cccc(CNC(=O)CN2CCCC(CNC(=O)C3CCCN3)C2)c1.Cl. The normalized spacial score (nSPS) is 22.3. The molecule has 0 aromatic heterocycles. The van der Waals surface area contributed by atoms with E-state index in [4.69, 9.17) is 0 Å². The molecule has 6 nitrogen and oxygen atoms in total. The highest BCUT2D eigenvalue weighted by molar-refractivity contribution is 5.85. The van der Waals surface area contributed by atoms with Crippen LogP contribution in [0.1, 0.15) is 36.8 Å². The summed E-state index contributed by atoms with van der Waals surface area (Å²) >= 11 is 0. The van der Waals surface area contributed by atoms with Crippen molar-refractivity contribution in [2.75, 3.05) is 32.7 Å². The molecule has 1 aromatic rings. The van der Waals surface area contributed by atoms with Crippen LogP contribution in [0.3, 0.4) is 0 Å². The van der Waals surface area contributed by atoms with Crippen LogP contribution in [0.15, 0.2) is 24.3 Å². The van der Waals surface area contributed by atoms with Crippen LogP contribution >= 0.6 is 12.4 Å². The first-order chi connectivity index (χ1) is 13.1. The van der Waals surface area contributed by atoms with Crippen molar-refractivity contribution in [1.82, 2.24) is 20.9 Å². The van der Waals surface area contributed by atoms with E-state index < -0.39 is 0 Å². The molecule has 3 rings (SSSR count). The Hall–Kier alpha value is -1.63. The van der Waals surface area contributed by atoms with Crippen molar-refractivity contribution in [3.8, 4) is 0 Å². The van der Waals surface area contributed by atoms with Crippen LogP contribution < -0.4 is 16.0 Å². The molecule has 1 aromatic carbocycles. The molecule has 2 fully saturated rings. The standard InChI is InChI=1S/C21H32N4O2.ClH/c1-16-5-2-6-17(11-16)12-23-20(26)15-25-10-4-7-18(14-25)13-24-21(27)19-8-3-9-22-19;/h2,5-6,11,18-19,22H,3-4,7-10,12-15H2,1H3,(H,23,26)(H,24,27);1H. The molecule has 2 aliphatic rings. The van der Waals surface area contributed by atoms with Crippen LogP contribution in [-0.4, -0.2) is 55.5 Å². The van der Waals surface area contributed by atoms with Gasteiger partial charge in [0, 0.05) is 19.6 Å². The van der Waals surface area contributed by atoms with E-state index in [1.165, 1.54) is 5.56 Å².